The van der Waals surface area contributed by atoms with Gasteiger partial charge in [-0.05, 0) is 18.8 Å². The van der Waals surface area contributed by atoms with E-state index in [1.54, 1.807) is 22.0 Å². The number of hydrogen-bond donors (Lipinski definition) is 1. The number of amides is 1. The highest BCUT2D eigenvalue weighted by Crippen LogP contribution is 2.34. The molecule has 17 heavy (non-hydrogen) atoms. The Morgan fingerprint density at radius 3 is 2.94 bits per heavy atom. The van der Waals surface area contributed by atoms with Crippen molar-refractivity contribution < 1.29 is 4.79 Å². The summed E-state index contributed by atoms with van der Waals surface area (Å²) < 4.78 is 1.67. The topological polar surface area (TPSA) is 77.0 Å². The van der Waals surface area contributed by atoms with E-state index < -0.39 is 0 Å². The molecule has 2 N–H and O–H groups in total. The Hall–Kier alpha value is -1.43. The first-order valence-electron chi connectivity index (χ1n) is 6.02. The van der Waals surface area contributed by atoms with Crippen molar-refractivity contribution in [2.45, 2.75) is 31.8 Å². The monoisotopic (exact) mass is 237 g/mol. The molecular formula is C11H19N5O. The number of carbonyl (C=O) groups is 1. The van der Waals surface area contributed by atoms with E-state index in [2.05, 4.69) is 10.3 Å². The number of aryl methyl sites for hydroxylation is 1. The minimum Gasteiger partial charge on any atom is -0.341 e. The molecule has 1 aliphatic rings. The van der Waals surface area contributed by atoms with Gasteiger partial charge in [-0.15, -0.1) is 5.10 Å². The normalized spacial score (nSPS) is 16.8. The van der Waals surface area contributed by atoms with E-state index in [0.717, 1.165) is 0 Å². The Kier molecular flexibility index (Phi) is 3.73. The van der Waals surface area contributed by atoms with Crippen molar-refractivity contribution in [1.29, 1.82) is 0 Å². The molecule has 1 saturated carbocycles. The van der Waals surface area contributed by atoms with E-state index in [0.29, 0.717) is 25.4 Å². The molecule has 0 aromatic carbocycles. The minimum absolute atomic E-state index is 0.128. The highest BCUT2D eigenvalue weighted by Gasteiger charge is 2.34. The number of likely N-dealkylation sites (N-methyl/N-ethyl adjacent to an activating group) is 1. The first-order chi connectivity index (χ1) is 8.22. The van der Waals surface area contributed by atoms with Crippen LogP contribution in [0, 0.1) is 5.92 Å². The second kappa shape index (κ2) is 5.27. The third-order valence-corrected chi connectivity index (χ3v) is 3.33. The zero-order valence-corrected chi connectivity index (χ0v) is 10.1. The van der Waals surface area contributed by atoms with Crippen LogP contribution in [0.3, 0.4) is 0 Å². The molecule has 1 aromatic rings. The van der Waals surface area contributed by atoms with Gasteiger partial charge < -0.3 is 10.6 Å². The molecule has 1 amide bonds. The molecule has 0 saturated heterocycles. The molecule has 0 bridgehead atoms. The van der Waals surface area contributed by atoms with Crippen molar-refractivity contribution in [3.63, 3.8) is 0 Å². The van der Waals surface area contributed by atoms with Crippen LogP contribution in [0.5, 0.6) is 0 Å². The van der Waals surface area contributed by atoms with Crippen molar-refractivity contribution in [2.75, 3.05) is 13.6 Å². The van der Waals surface area contributed by atoms with Gasteiger partial charge in [-0.25, -0.2) is 0 Å². The summed E-state index contributed by atoms with van der Waals surface area (Å²) in [5, 5.41) is 7.53. The lowest BCUT2D eigenvalue weighted by atomic mass is 10.1. The maximum atomic E-state index is 12.0. The van der Waals surface area contributed by atoms with Crippen molar-refractivity contribution in [3.05, 3.63) is 12.4 Å². The fourth-order valence-electron chi connectivity index (χ4n) is 2.07. The Labute approximate surface area is 101 Å². The molecule has 1 aromatic heterocycles. The summed E-state index contributed by atoms with van der Waals surface area (Å²) in [7, 11) is 1.85. The van der Waals surface area contributed by atoms with Crippen molar-refractivity contribution in [1.82, 2.24) is 19.9 Å². The van der Waals surface area contributed by atoms with Gasteiger partial charge >= 0.3 is 0 Å². The summed E-state index contributed by atoms with van der Waals surface area (Å²) in [6.45, 7) is 1.13. The number of nitrogens with zero attached hydrogens (tertiary/aromatic N) is 4. The van der Waals surface area contributed by atoms with Crippen molar-refractivity contribution in [2.24, 2.45) is 11.7 Å². The molecule has 6 nitrogen and oxygen atoms in total. The quantitative estimate of drug-likeness (QED) is 0.747. The summed E-state index contributed by atoms with van der Waals surface area (Å²) in [6, 6.07) is 0.207. The van der Waals surface area contributed by atoms with Crippen LogP contribution in [-0.4, -0.2) is 45.4 Å². The molecule has 1 fully saturated rings. The van der Waals surface area contributed by atoms with Gasteiger partial charge in [0.05, 0.1) is 12.7 Å². The maximum Gasteiger partial charge on any atom is 0.224 e. The standard InChI is InChI=1S/C11H19N5O/c1-15(10(8-12)9-2-3-9)11(17)4-6-16-7-5-13-14-16/h5,7,9-10H,2-4,6,8,12H2,1H3. The van der Waals surface area contributed by atoms with Gasteiger partial charge in [0.1, 0.15) is 0 Å². The lowest BCUT2D eigenvalue weighted by molar-refractivity contribution is -0.132. The third-order valence-electron chi connectivity index (χ3n) is 3.33. The molecule has 2 rings (SSSR count). The summed E-state index contributed by atoms with van der Waals surface area (Å²) >= 11 is 0. The molecule has 94 valence electrons. The van der Waals surface area contributed by atoms with Gasteiger partial charge in [0.15, 0.2) is 0 Å². The third kappa shape index (κ3) is 3.03. The van der Waals surface area contributed by atoms with E-state index in [9.17, 15) is 4.79 Å². The number of nitrogens with two attached hydrogens (primary N) is 1. The smallest absolute Gasteiger partial charge is 0.224 e. The van der Waals surface area contributed by atoms with Crippen molar-refractivity contribution in [3.8, 4) is 0 Å². The second-order valence-electron chi connectivity index (χ2n) is 4.56. The van der Waals surface area contributed by atoms with E-state index in [1.165, 1.54) is 12.8 Å². The average Bonchev–Trinajstić information content (AvgIpc) is 3.03. The molecule has 0 radical (unpaired) electrons. The van der Waals surface area contributed by atoms with Crippen LogP contribution in [0.2, 0.25) is 0 Å². The van der Waals surface area contributed by atoms with Crippen LogP contribution in [-0.2, 0) is 11.3 Å². The van der Waals surface area contributed by atoms with Gasteiger partial charge in [-0.1, -0.05) is 5.21 Å². The number of carbonyl (C=O) groups excluding carboxylic acids is 1. The van der Waals surface area contributed by atoms with Gasteiger partial charge in [0.2, 0.25) is 5.91 Å². The number of hydrogen-bond acceptors (Lipinski definition) is 4. The molecule has 1 unspecified atom stereocenters. The fraction of sp³-hybridized carbons (Fsp3) is 0.727. The van der Waals surface area contributed by atoms with Gasteiger partial charge in [-0.2, -0.15) is 0 Å². The second-order valence-corrected chi connectivity index (χ2v) is 4.56. The largest absolute Gasteiger partial charge is 0.341 e. The SMILES string of the molecule is CN(C(=O)CCn1ccnn1)C(CN)C1CC1. The van der Waals surface area contributed by atoms with E-state index in [-0.39, 0.29) is 11.9 Å². The van der Waals surface area contributed by atoms with Crippen LogP contribution in [0.25, 0.3) is 0 Å². The summed E-state index contributed by atoms with van der Waals surface area (Å²) in [4.78, 5) is 13.8. The van der Waals surface area contributed by atoms with Crippen LogP contribution < -0.4 is 5.73 Å². The van der Waals surface area contributed by atoms with Crippen LogP contribution in [0.15, 0.2) is 12.4 Å². The van der Waals surface area contributed by atoms with Gasteiger partial charge in [-0.3, -0.25) is 9.48 Å². The Morgan fingerprint density at radius 1 is 1.65 bits per heavy atom. The molecule has 6 heteroatoms. The molecule has 0 spiro atoms. The predicted molar refractivity (Wildman–Crippen MR) is 63.0 cm³/mol. The van der Waals surface area contributed by atoms with Crippen molar-refractivity contribution >= 4 is 5.91 Å². The summed E-state index contributed by atoms with van der Waals surface area (Å²) in [5.74, 6) is 0.739. The highest BCUT2D eigenvalue weighted by molar-refractivity contribution is 5.76. The maximum absolute atomic E-state index is 12.0. The molecule has 1 aliphatic carbocycles. The van der Waals surface area contributed by atoms with Gasteiger partial charge in [0, 0.05) is 32.3 Å². The average molecular weight is 237 g/mol. The molecular weight excluding hydrogens is 218 g/mol. The van der Waals surface area contributed by atoms with E-state index in [4.69, 9.17) is 5.73 Å². The van der Waals surface area contributed by atoms with Crippen LogP contribution in [0.4, 0.5) is 0 Å². The zero-order chi connectivity index (χ0) is 12.3. The molecule has 1 atom stereocenters. The predicted octanol–water partition coefficient (Wildman–Crippen LogP) is -0.136. The van der Waals surface area contributed by atoms with Crippen LogP contribution in [0.1, 0.15) is 19.3 Å². The minimum atomic E-state index is 0.128. The first kappa shape index (κ1) is 12.0. The van der Waals surface area contributed by atoms with E-state index in [1.807, 2.05) is 7.05 Å². The molecule has 1 heterocycles. The van der Waals surface area contributed by atoms with E-state index >= 15 is 0 Å². The van der Waals surface area contributed by atoms with Gasteiger partial charge in [0.25, 0.3) is 0 Å². The lowest BCUT2D eigenvalue weighted by Crippen LogP contribution is -2.43. The summed E-state index contributed by atoms with van der Waals surface area (Å²) in [5.41, 5.74) is 5.72. The first-order valence-corrected chi connectivity index (χ1v) is 6.02. The zero-order valence-electron chi connectivity index (χ0n) is 10.1. The molecule has 0 aliphatic heterocycles. The Morgan fingerprint density at radius 2 is 2.41 bits per heavy atom. The number of aromatic nitrogens is 3. The number of rotatable bonds is 6. The fourth-order valence-corrected chi connectivity index (χ4v) is 2.07. The Balaban J connectivity index is 1.81. The Bertz CT molecular complexity index is 360. The van der Waals surface area contributed by atoms with Crippen LogP contribution >= 0.6 is 0 Å². The highest BCUT2D eigenvalue weighted by atomic mass is 16.2. The lowest BCUT2D eigenvalue weighted by Gasteiger charge is -2.27. The summed E-state index contributed by atoms with van der Waals surface area (Å²) in [6.07, 6.45) is 6.21.